The van der Waals surface area contributed by atoms with Gasteiger partial charge in [0.2, 0.25) is 0 Å². The molecule has 0 saturated heterocycles. The summed E-state index contributed by atoms with van der Waals surface area (Å²) < 4.78 is 5.17. The first kappa shape index (κ1) is 17.3. The number of methoxy groups -OCH3 is 1. The summed E-state index contributed by atoms with van der Waals surface area (Å²) in [5, 5.41) is 4.17. The standard InChI is InChI=1S/C19H24N2OS/c1-3-21(15-17-7-5-4-6-8-17)19(23)20-14-13-16-9-11-18(22-2)12-10-16/h4-12H,3,13-15H2,1-2H3,(H,20,23). The topological polar surface area (TPSA) is 24.5 Å². The molecule has 0 fully saturated rings. The maximum Gasteiger partial charge on any atom is 0.169 e. The van der Waals surface area contributed by atoms with Crippen LogP contribution in [0.15, 0.2) is 54.6 Å². The molecule has 0 radical (unpaired) electrons. The van der Waals surface area contributed by atoms with E-state index in [-0.39, 0.29) is 0 Å². The highest BCUT2D eigenvalue weighted by atomic mass is 32.1. The van der Waals surface area contributed by atoms with Crippen molar-refractivity contribution < 1.29 is 4.74 Å². The van der Waals surface area contributed by atoms with E-state index in [0.29, 0.717) is 0 Å². The number of nitrogens with zero attached hydrogens (tertiary/aromatic N) is 1. The first-order valence-corrected chi connectivity index (χ1v) is 8.33. The molecule has 0 aromatic heterocycles. The van der Waals surface area contributed by atoms with Crippen LogP contribution in [0.25, 0.3) is 0 Å². The summed E-state index contributed by atoms with van der Waals surface area (Å²) in [5.41, 5.74) is 2.54. The van der Waals surface area contributed by atoms with E-state index in [1.54, 1.807) is 7.11 Å². The summed E-state index contributed by atoms with van der Waals surface area (Å²) in [6.45, 7) is 4.69. The molecule has 3 nitrogen and oxygen atoms in total. The Labute approximate surface area is 144 Å². The average Bonchev–Trinajstić information content (AvgIpc) is 2.61. The largest absolute Gasteiger partial charge is 0.497 e. The van der Waals surface area contributed by atoms with Crippen molar-refractivity contribution in [1.29, 1.82) is 0 Å². The van der Waals surface area contributed by atoms with Crippen LogP contribution >= 0.6 is 12.2 Å². The van der Waals surface area contributed by atoms with Gasteiger partial charge in [-0.05, 0) is 48.8 Å². The van der Waals surface area contributed by atoms with Gasteiger partial charge >= 0.3 is 0 Å². The van der Waals surface area contributed by atoms with Crippen molar-refractivity contribution in [2.75, 3.05) is 20.2 Å². The van der Waals surface area contributed by atoms with Crippen LogP contribution in [0.2, 0.25) is 0 Å². The van der Waals surface area contributed by atoms with Gasteiger partial charge in [-0.1, -0.05) is 42.5 Å². The molecule has 0 aliphatic heterocycles. The summed E-state index contributed by atoms with van der Waals surface area (Å²) >= 11 is 5.52. The Balaban J connectivity index is 1.80. The quantitative estimate of drug-likeness (QED) is 0.785. The number of thiocarbonyl (C=S) groups is 1. The Morgan fingerprint density at radius 2 is 1.74 bits per heavy atom. The molecule has 23 heavy (non-hydrogen) atoms. The van der Waals surface area contributed by atoms with E-state index in [1.165, 1.54) is 11.1 Å². The zero-order chi connectivity index (χ0) is 16.5. The lowest BCUT2D eigenvalue weighted by Gasteiger charge is -2.24. The predicted octanol–water partition coefficient (Wildman–Crippen LogP) is 3.63. The lowest BCUT2D eigenvalue weighted by Crippen LogP contribution is -2.39. The molecule has 122 valence electrons. The normalized spacial score (nSPS) is 10.2. The van der Waals surface area contributed by atoms with Crippen LogP contribution in [0.5, 0.6) is 5.75 Å². The molecule has 2 aromatic carbocycles. The van der Waals surface area contributed by atoms with Gasteiger partial charge < -0.3 is 15.0 Å². The lowest BCUT2D eigenvalue weighted by atomic mass is 10.1. The highest BCUT2D eigenvalue weighted by Crippen LogP contribution is 2.11. The Kier molecular flexibility index (Phi) is 6.88. The van der Waals surface area contributed by atoms with Gasteiger partial charge in [-0.25, -0.2) is 0 Å². The number of benzene rings is 2. The Bertz CT molecular complexity index is 599. The fourth-order valence-electron chi connectivity index (χ4n) is 2.35. The van der Waals surface area contributed by atoms with Crippen molar-refractivity contribution in [3.05, 3.63) is 65.7 Å². The summed E-state index contributed by atoms with van der Waals surface area (Å²) in [4.78, 5) is 2.18. The Hall–Kier alpha value is -2.07. The first-order chi connectivity index (χ1) is 11.2. The molecule has 0 saturated carbocycles. The van der Waals surface area contributed by atoms with Crippen LogP contribution in [0.3, 0.4) is 0 Å². The SMILES string of the molecule is CCN(Cc1ccccc1)C(=S)NCCc1ccc(OC)cc1. The van der Waals surface area contributed by atoms with Gasteiger partial charge in [-0.3, -0.25) is 0 Å². The van der Waals surface area contributed by atoms with Crippen LogP contribution < -0.4 is 10.1 Å². The van der Waals surface area contributed by atoms with Crippen LogP contribution in [-0.2, 0) is 13.0 Å². The maximum atomic E-state index is 5.52. The molecule has 0 aliphatic rings. The van der Waals surface area contributed by atoms with E-state index in [0.717, 1.165) is 36.9 Å². The molecular formula is C19H24N2OS. The fourth-order valence-corrected chi connectivity index (χ4v) is 2.64. The second kappa shape index (κ2) is 9.16. The summed E-state index contributed by atoms with van der Waals surface area (Å²) in [7, 11) is 1.68. The highest BCUT2D eigenvalue weighted by Gasteiger charge is 2.07. The molecule has 0 unspecified atom stereocenters. The monoisotopic (exact) mass is 328 g/mol. The van der Waals surface area contributed by atoms with Crippen LogP contribution in [0, 0.1) is 0 Å². The van der Waals surface area contributed by atoms with E-state index in [1.807, 2.05) is 18.2 Å². The summed E-state index contributed by atoms with van der Waals surface area (Å²) in [6, 6.07) is 18.6. The van der Waals surface area contributed by atoms with Gasteiger partial charge in [0.05, 0.1) is 7.11 Å². The molecule has 0 heterocycles. The number of hydrogen-bond acceptors (Lipinski definition) is 2. The second-order valence-corrected chi connectivity index (χ2v) is 5.72. The lowest BCUT2D eigenvalue weighted by molar-refractivity contribution is 0.414. The molecule has 2 rings (SSSR count). The van der Waals surface area contributed by atoms with Crippen molar-refractivity contribution in [1.82, 2.24) is 10.2 Å². The van der Waals surface area contributed by atoms with Gasteiger partial charge in [0.1, 0.15) is 5.75 Å². The molecule has 0 amide bonds. The van der Waals surface area contributed by atoms with Crippen molar-refractivity contribution in [2.45, 2.75) is 19.9 Å². The fraction of sp³-hybridized carbons (Fsp3) is 0.316. The van der Waals surface area contributed by atoms with E-state index in [4.69, 9.17) is 17.0 Å². The average molecular weight is 328 g/mol. The molecular weight excluding hydrogens is 304 g/mol. The second-order valence-electron chi connectivity index (χ2n) is 5.33. The van der Waals surface area contributed by atoms with Crippen molar-refractivity contribution in [2.24, 2.45) is 0 Å². The third kappa shape index (κ3) is 5.57. The minimum atomic E-state index is 0.810. The van der Waals surface area contributed by atoms with E-state index >= 15 is 0 Å². The molecule has 0 bridgehead atoms. The highest BCUT2D eigenvalue weighted by molar-refractivity contribution is 7.80. The van der Waals surface area contributed by atoms with Crippen molar-refractivity contribution in [3.8, 4) is 5.75 Å². The van der Waals surface area contributed by atoms with E-state index in [2.05, 4.69) is 53.5 Å². The van der Waals surface area contributed by atoms with E-state index in [9.17, 15) is 0 Å². The minimum Gasteiger partial charge on any atom is -0.497 e. The zero-order valence-corrected chi connectivity index (χ0v) is 14.6. The molecule has 0 spiro atoms. The number of ether oxygens (including phenoxy) is 1. The molecule has 0 atom stereocenters. The van der Waals surface area contributed by atoms with E-state index < -0.39 is 0 Å². The van der Waals surface area contributed by atoms with Gasteiger partial charge in [0.25, 0.3) is 0 Å². The predicted molar refractivity (Wildman–Crippen MR) is 99.8 cm³/mol. The smallest absolute Gasteiger partial charge is 0.169 e. The van der Waals surface area contributed by atoms with Crippen LogP contribution in [0.4, 0.5) is 0 Å². The van der Waals surface area contributed by atoms with Gasteiger partial charge in [-0.2, -0.15) is 0 Å². The Morgan fingerprint density at radius 3 is 2.35 bits per heavy atom. The van der Waals surface area contributed by atoms with Crippen molar-refractivity contribution >= 4 is 17.3 Å². The molecule has 2 aromatic rings. The third-order valence-corrected chi connectivity index (χ3v) is 4.14. The maximum absolute atomic E-state index is 5.52. The Morgan fingerprint density at radius 1 is 1.04 bits per heavy atom. The molecule has 1 N–H and O–H groups in total. The number of hydrogen-bond donors (Lipinski definition) is 1. The van der Waals surface area contributed by atoms with Gasteiger partial charge in [-0.15, -0.1) is 0 Å². The zero-order valence-electron chi connectivity index (χ0n) is 13.8. The molecule has 0 aliphatic carbocycles. The third-order valence-electron chi connectivity index (χ3n) is 3.73. The minimum absolute atomic E-state index is 0.810. The summed E-state index contributed by atoms with van der Waals surface area (Å²) in [5.74, 6) is 0.886. The van der Waals surface area contributed by atoms with Crippen LogP contribution in [0.1, 0.15) is 18.1 Å². The number of nitrogens with one attached hydrogen (secondary N) is 1. The summed E-state index contributed by atoms with van der Waals surface area (Å²) in [6.07, 6.45) is 0.938. The van der Waals surface area contributed by atoms with Crippen molar-refractivity contribution in [3.63, 3.8) is 0 Å². The van der Waals surface area contributed by atoms with Crippen LogP contribution in [-0.4, -0.2) is 30.2 Å². The van der Waals surface area contributed by atoms with Gasteiger partial charge in [0.15, 0.2) is 5.11 Å². The molecule has 4 heteroatoms. The number of rotatable bonds is 7. The first-order valence-electron chi connectivity index (χ1n) is 7.92. The van der Waals surface area contributed by atoms with Gasteiger partial charge in [0, 0.05) is 19.6 Å².